The second-order valence-electron chi connectivity index (χ2n) is 6.21. The van der Waals surface area contributed by atoms with Crippen LogP contribution in [0.1, 0.15) is 50.7 Å². The molecule has 4 heteroatoms. The molecule has 1 fully saturated rings. The van der Waals surface area contributed by atoms with Crippen LogP contribution in [0.4, 0.5) is 4.39 Å². The van der Waals surface area contributed by atoms with Crippen molar-refractivity contribution in [2.75, 3.05) is 6.54 Å². The molecule has 1 saturated carbocycles. The lowest BCUT2D eigenvalue weighted by molar-refractivity contribution is -0.122. The lowest BCUT2D eigenvalue weighted by Gasteiger charge is -2.26. The van der Waals surface area contributed by atoms with Crippen molar-refractivity contribution in [2.45, 2.75) is 45.1 Å². The summed E-state index contributed by atoms with van der Waals surface area (Å²) in [5, 5.41) is 12.7. The SMILES string of the molecule is CC1CCCC(CC(=O)NCC(O)c2ccc(F)cc2)C1. The Labute approximate surface area is 125 Å². The fraction of sp³-hybridized carbons (Fsp3) is 0.588. The molecule has 0 heterocycles. The van der Waals surface area contributed by atoms with E-state index in [4.69, 9.17) is 0 Å². The van der Waals surface area contributed by atoms with Crippen LogP contribution in [0.2, 0.25) is 0 Å². The van der Waals surface area contributed by atoms with Crippen molar-refractivity contribution in [3.63, 3.8) is 0 Å². The third-order valence-corrected chi connectivity index (χ3v) is 4.27. The third kappa shape index (κ3) is 5.12. The number of carbonyl (C=O) groups is 1. The Morgan fingerprint density at radius 3 is 2.76 bits per heavy atom. The first-order valence-electron chi connectivity index (χ1n) is 7.75. The molecule has 0 saturated heterocycles. The minimum atomic E-state index is -0.792. The average Bonchev–Trinajstić information content (AvgIpc) is 2.45. The first kappa shape index (κ1) is 16.0. The van der Waals surface area contributed by atoms with Crippen LogP contribution in [-0.4, -0.2) is 17.6 Å². The summed E-state index contributed by atoms with van der Waals surface area (Å²) in [6, 6.07) is 5.69. The molecule has 1 aromatic rings. The molecule has 2 rings (SSSR count). The maximum atomic E-state index is 12.8. The van der Waals surface area contributed by atoms with Gasteiger partial charge >= 0.3 is 0 Å². The van der Waals surface area contributed by atoms with E-state index in [-0.39, 0.29) is 18.3 Å². The van der Waals surface area contributed by atoms with Gasteiger partial charge in [-0.3, -0.25) is 4.79 Å². The van der Waals surface area contributed by atoms with E-state index in [2.05, 4.69) is 12.2 Å². The monoisotopic (exact) mass is 293 g/mol. The molecule has 0 aromatic heterocycles. The molecule has 21 heavy (non-hydrogen) atoms. The van der Waals surface area contributed by atoms with E-state index >= 15 is 0 Å². The van der Waals surface area contributed by atoms with E-state index in [0.29, 0.717) is 23.8 Å². The van der Waals surface area contributed by atoms with E-state index in [0.717, 1.165) is 12.8 Å². The summed E-state index contributed by atoms with van der Waals surface area (Å²) in [6.45, 7) is 2.41. The van der Waals surface area contributed by atoms with Crippen molar-refractivity contribution in [3.8, 4) is 0 Å². The molecule has 0 bridgehead atoms. The van der Waals surface area contributed by atoms with Crippen LogP contribution in [-0.2, 0) is 4.79 Å². The average molecular weight is 293 g/mol. The van der Waals surface area contributed by atoms with Crippen molar-refractivity contribution in [2.24, 2.45) is 11.8 Å². The van der Waals surface area contributed by atoms with Gasteiger partial charge in [0, 0.05) is 13.0 Å². The maximum Gasteiger partial charge on any atom is 0.220 e. The molecular formula is C17H24FNO2. The second-order valence-corrected chi connectivity index (χ2v) is 6.21. The number of hydrogen-bond donors (Lipinski definition) is 2. The van der Waals surface area contributed by atoms with Crippen LogP contribution in [0.5, 0.6) is 0 Å². The van der Waals surface area contributed by atoms with Gasteiger partial charge < -0.3 is 10.4 Å². The highest BCUT2D eigenvalue weighted by Gasteiger charge is 2.21. The number of hydrogen-bond acceptors (Lipinski definition) is 2. The number of nitrogens with one attached hydrogen (secondary N) is 1. The topological polar surface area (TPSA) is 49.3 Å². The first-order valence-corrected chi connectivity index (χ1v) is 7.75. The van der Waals surface area contributed by atoms with Crippen molar-refractivity contribution >= 4 is 5.91 Å². The van der Waals surface area contributed by atoms with E-state index < -0.39 is 6.10 Å². The molecule has 0 aliphatic heterocycles. The van der Waals surface area contributed by atoms with Crippen molar-refractivity contribution in [1.82, 2.24) is 5.32 Å². The smallest absolute Gasteiger partial charge is 0.220 e. The number of aliphatic hydroxyl groups excluding tert-OH is 1. The van der Waals surface area contributed by atoms with Gasteiger partial charge in [-0.25, -0.2) is 4.39 Å². The summed E-state index contributed by atoms with van der Waals surface area (Å²) in [7, 11) is 0. The number of halogens is 1. The number of carbonyl (C=O) groups excluding carboxylic acids is 1. The van der Waals surface area contributed by atoms with E-state index in [9.17, 15) is 14.3 Å². The van der Waals surface area contributed by atoms with Crippen molar-refractivity contribution in [3.05, 3.63) is 35.6 Å². The highest BCUT2D eigenvalue weighted by molar-refractivity contribution is 5.76. The Hall–Kier alpha value is -1.42. The summed E-state index contributed by atoms with van der Waals surface area (Å²) in [4.78, 5) is 11.9. The van der Waals surface area contributed by atoms with Gasteiger partial charge in [0.1, 0.15) is 5.82 Å². The molecule has 3 nitrogen and oxygen atoms in total. The minimum absolute atomic E-state index is 0.00439. The highest BCUT2D eigenvalue weighted by atomic mass is 19.1. The summed E-state index contributed by atoms with van der Waals surface area (Å²) >= 11 is 0. The van der Waals surface area contributed by atoms with Crippen LogP contribution in [0, 0.1) is 17.7 Å². The lowest BCUT2D eigenvalue weighted by Crippen LogP contribution is -2.30. The third-order valence-electron chi connectivity index (χ3n) is 4.27. The Balaban J connectivity index is 1.74. The van der Waals surface area contributed by atoms with Gasteiger partial charge in [-0.1, -0.05) is 31.9 Å². The van der Waals surface area contributed by atoms with E-state index in [1.54, 1.807) is 0 Å². The molecule has 1 aromatic carbocycles. The van der Waals surface area contributed by atoms with Crippen LogP contribution in [0.15, 0.2) is 24.3 Å². The molecule has 1 aliphatic rings. The van der Waals surface area contributed by atoms with Gasteiger partial charge in [-0.05, 0) is 42.4 Å². The summed E-state index contributed by atoms with van der Waals surface area (Å²) in [5.41, 5.74) is 0.614. The lowest BCUT2D eigenvalue weighted by atomic mass is 9.81. The van der Waals surface area contributed by atoms with E-state index in [1.165, 1.54) is 37.1 Å². The Kier molecular flexibility index (Phi) is 5.74. The molecule has 1 amide bonds. The van der Waals surface area contributed by atoms with Gasteiger partial charge in [-0.15, -0.1) is 0 Å². The Morgan fingerprint density at radius 1 is 1.38 bits per heavy atom. The molecule has 2 N–H and O–H groups in total. The normalized spacial score (nSPS) is 23.6. The molecule has 0 radical (unpaired) electrons. The van der Waals surface area contributed by atoms with Crippen LogP contribution in [0.25, 0.3) is 0 Å². The predicted molar refractivity (Wildman–Crippen MR) is 80.1 cm³/mol. The zero-order chi connectivity index (χ0) is 15.2. The summed E-state index contributed by atoms with van der Waals surface area (Å²) < 4.78 is 12.8. The zero-order valence-corrected chi connectivity index (χ0v) is 12.5. The minimum Gasteiger partial charge on any atom is -0.387 e. The molecule has 116 valence electrons. The Morgan fingerprint density at radius 2 is 2.10 bits per heavy atom. The van der Waals surface area contributed by atoms with Crippen LogP contribution >= 0.6 is 0 Å². The van der Waals surface area contributed by atoms with Crippen molar-refractivity contribution in [1.29, 1.82) is 0 Å². The van der Waals surface area contributed by atoms with Crippen LogP contribution in [0.3, 0.4) is 0 Å². The highest BCUT2D eigenvalue weighted by Crippen LogP contribution is 2.30. The quantitative estimate of drug-likeness (QED) is 0.876. The van der Waals surface area contributed by atoms with Crippen LogP contribution < -0.4 is 5.32 Å². The summed E-state index contributed by atoms with van der Waals surface area (Å²) in [6.07, 6.45) is 4.46. The van der Waals surface area contributed by atoms with Gasteiger partial charge in [0.2, 0.25) is 5.91 Å². The molecule has 3 atom stereocenters. The zero-order valence-electron chi connectivity index (χ0n) is 12.5. The number of aliphatic hydroxyl groups is 1. The molecule has 1 aliphatic carbocycles. The number of rotatable bonds is 5. The molecular weight excluding hydrogens is 269 g/mol. The standard InChI is InChI=1S/C17H24FNO2/c1-12-3-2-4-13(9-12)10-17(21)19-11-16(20)14-5-7-15(18)8-6-14/h5-8,12-13,16,20H,2-4,9-11H2,1H3,(H,19,21). The fourth-order valence-corrected chi connectivity index (χ4v) is 3.09. The number of benzene rings is 1. The molecule has 3 unspecified atom stereocenters. The maximum absolute atomic E-state index is 12.8. The Bertz CT molecular complexity index is 460. The van der Waals surface area contributed by atoms with Gasteiger partial charge in [-0.2, -0.15) is 0 Å². The fourth-order valence-electron chi connectivity index (χ4n) is 3.09. The van der Waals surface area contributed by atoms with E-state index in [1.807, 2.05) is 0 Å². The molecule has 0 spiro atoms. The predicted octanol–water partition coefficient (Wildman–Crippen LogP) is 3.19. The largest absolute Gasteiger partial charge is 0.387 e. The second kappa shape index (κ2) is 7.55. The van der Waals surface area contributed by atoms with Crippen molar-refractivity contribution < 1.29 is 14.3 Å². The first-order chi connectivity index (χ1) is 10.0. The van der Waals surface area contributed by atoms with Gasteiger partial charge in [0.15, 0.2) is 0 Å². The van der Waals surface area contributed by atoms with Gasteiger partial charge in [0.05, 0.1) is 6.10 Å². The van der Waals surface area contributed by atoms with Gasteiger partial charge in [0.25, 0.3) is 0 Å². The number of amides is 1. The summed E-state index contributed by atoms with van der Waals surface area (Å²) in [5.74, 6) is 0.842.